The van der Waals surface area contributed by atoms with Gasteiger partial charge in [0.2, 0.25) is 6.41 Å². The van der Waals surface area contributed by atoms with Gasteiger partial charge in [-0.25, -0.2) is 0 Å². The zero-order chi connectivity index (χ0) is 11.1. The highest BCUT2D eigenvalue weighted by Crippen LogP contribution is 1.95. The third-order valence-electron chi connectivity index (χ3n) is 1.83. The van der Waals surface area contributed by atoms with Gasteiger partial charge in [0.25, 0.3) is 5.91 Å². The fraction of sp³-hybridized carbons (Fsp3) is 0.444. The molecule has 1 aromatic rings. The largest absolute Gasteiger partial charge is 0.359 e. The number of carbonyl (C=O) groups is 2. The van der Waals surface area contributed by atoms with E-state index < -0.39 is 0 Å². The van der Waals surface area contributed by atoms with Crippen LogP contribution in [0.15, 0.2) is 12.4 Å². The Balaban J connectivity index is 2.22. The zero-order valence-electron chi connectivity index (χ0n) is 8.56. The van der Waals surface area contributed by atoms with Crippen molar-refractivity contribution in [1.29, 1.82) is 0 Å². The summed E-state index contributed by atoms with van der Waals surface area (Å²) in [7, 11) is 1.75. The summed E-state index contributed by atoms with van der Waals surface area (Å²) in [6.45, 7) is 1.10. The summed E-state index contributed by atoms with van der Waals surface area (Å²) < 4.78 is 1.57. The van der Waals surface area contributed by atoms with Crippen LogP contribution in [-0.2, 0) is 11.8 Å². The topological polar surface area (TPSA) is 76.0 Å². The predicted octanol–water partition coefficient (Wildman–Crippen LogP) is -0.714. The Hall–Kier alpha value is -1.85. The summed E-state index contributed by atoms with van der Waals surface area (Å²) >= 11 is 0. The summed E-state index contributed by atoms with van der Waals surface area (Å²) in [5, 5.41) is 9.13. The van der Waals surface area contributed by atoms with Gasteiger partial charge in [-0.2, -0.15) is 5.10 Å². The Labute approximate surface area is 87.7 Å². The molecule has 6 nitrogen and oxygen atoms in total. The van der Waals surface area contributed by atoms with Crippen LogP contribution in [0.25, 0.3) is 0 Å². The first-order valence-corrected chi connectivity index (χ1v) is 4.68. The Kier molecular flexibility index (Phi) is 4.33. The summed E-state index contributed by atoms with van der Waals surface area (Å²) in [6.07, 6.45) is 4.52. The molecule has 0 aromatic carbocycles. The number of nitrogens with one attached hydrogen (secondary N) is 2. The van der Waals surface area contributed by atoms with E-state index in [0.717, 1.165) is 0 Å². The first-order valence-electron chi connectivity index (χ1n) is 4.68. The fourth-order valence-electron chi connectivity index (χ4n) is 1.09. The van der Waals surface area contributed by atoms with Crippen molar-refractivity contribution in [3.05, 3.63) is 18.0 Å². The Morgan fingerprint density at radius 3 is 3.00 bits per heavy atom. The van der Waals surface area contributed by atoms with Crippen molar-refractivity contribution in [3.8, 4) is 0 Å². The van der Waals surface area contributed by atoms with E-state index in [0.29, 0.717) is 31.5 Å². The SMILES string of the molecule is Cn1cc(C(=O)NCCCNC=O)cn1. The van der Waals surface area contributed by atoms with Gasteiger partial charge < -0.3 is 10.6 Å². The van der Waals surface area contributed by atoms with Crippen LogP contribution in [0.4, 0.5) is 0 Å². The smallest absolute Gasteiger partial charge is 0.254 e. The molecule has 0 atom stereocenters. The van der Waals surface area contributed by atoms with Crippen molar-refractivity contribution in [2.24, 2.45) is 7.05 Å². The summed E-state index contributed by atoms with van der Waals surface area (Å²) in [5.74, 6) is -0.144. The monoisotopic (exact) mass is 210 g/mol. The van der Waals surface area contributed by atoms with Gasteiger partial charge in [0.15, 0.2) is 0 Å². The minimum absolute atomic E-state index is 0.144. The van der Waals surface area contributed by atoms with Gasteiger partial charge >= 0.3 is 0 Å². The molecule has 15 heavy (non-hydrogen) atoms. The molecular formula is C9H14N4O2. The molecule has 0 spiro atoms. The van der Waals surface area contributed by atoms with E-state index in [1.165, 1.54) is 6.20 Å². The zero-order valence-corrected chi connectivity index (χ0v) is 8.56. The number of nitrogens with zero attached hydrogens (tertiary/aromatic N) is 2. The molecule has 2 N–H and O–H groups in total. The number of aromatic nitrogens is 2. The first-order chi connectivity index (χ1) is 7.24. The second kappa shape index (κ2) is 5.79. The third-order valence-corrected chi connectivity index (χ3v) is 1.83. The second-order valence-electron chi connectivity index (χ2n) is 3.08. The van der Waals surface area contributed by atoms with E-state index in [-0.39, 0.29) is 5.91 Å². The highest BCUT2D eigenvalue weighted by Gasteiger charge is 2.05. The van der Waals surface area contributed by atoms with Gasteiger partial charge in [-0.15, -0.1) is 0 Å². The first kappa shape index (κ1) is 11.2. The molecule has 0 radical (unpaired) electrons. The van der Waals surface area contributed by atoms with Crippen LogP contribution in [0.1, 0.15) is 16.8 Å². The molecule has 82 valence electrons. The third kappa shape index (κ3) is 3.80. The lowest BCUT2D eigenvalue weighted by atomic mass is 10.3. The van der Waals surface area contributed by atoms with Crippen molar-refractivity contribution in [1.82, 2.24) is 20.4 Å². The fourth-order valence-corrected chi connectivity index (χ4v) is 1.09. The van der Waals surface area contributed by atoms with Gasteiger partial charge in [0, 0.05) is 26.3 Å². The van der Waals surface area contributed by atoms with Crippen LogP contribution >= 0.6 is 0 Å². The maximum atomic E-state index is 11.4. The van der Waals surface area contributed by atoms with Crippen LogP contribution in [-0.4, -0.2) is 35.2 Å². The van der Waals surface area contributed by atoms with Crippen molar-refractivity contribution in [2.45, 2.75) is 6.42 Å². The van der Waals surface area contributed by atoms with Crippen LogP contribution < -0.4 is 10.6 Å². The minimum Gasteiger partial charge on any atom is -0.359 e. The number of aryl methyl sites for hydroxylation is 1. The molecule has 0 unspecified atom stereocenters. The van der Waals surface area contributed by atoms with Gasteiger partial charge in [0.05, 0.1) is 11.8 Å². The molecule has 0 fully saturated rings. The maximum Gasteiger partial charge on any atom is 0.254 e. The standard InChI is InChI=1S/C9H14N4O2/c1-13-6-8(5-12-13)9(15)11-4-2-3-10-7-14/h5-7H,2-4H2,1H3,(H,10,14)(H,11,15). The minimum atomic E-state index is -0.144. The quantitative estimate of drug-likeness (QED) is 0.481. The molecule has 0 aliphatic heterocycles. The van der Waals surface area contributed by atoms with Crippen molar-refractivity contribution in [2.75, 3.05) is 13.1 Å². The Morgan fingerprint density at radius 2 is 2.40 bits per heavy atom. The molecule has 0 saturated carbocycles. The van der Waals surface area contributed by atoms with E-state index in [2.05, 4.69) is 15.7 Å². The predicted molar refractivity (Wildman–Crippen MR) is 54.2 cm³/mol. The summed E-state index contributed by atoms with van der Waals surface area (Å²) in [5.41, 5.74) is 0.542. The number of rotatable bonds is 6. The lowest BCUT2D eigenvalue weighted by Crippen LogP contribution is -2.26. The van der Waals surface area contributed by atoms with Crippen LogP contribution in [0.5, 0.6) is 0 Å². The van der Waals surface area contributed by atoms with Crippen LogP contribution in [0.3, 0.4) is 0 Å². The number of carbonyl (C=O) groups excluding carboxylic acids is 2. The van der Waals surface area contributed by atoms with Gasteiger partial charge in [-0.1, -0.05) is 0 Å². The van der Waals surface area contributed by atoms with Gasteiger partial charge in [-0.3, -0.25) is 14.3 Å². The van der Waals surface area contributed by atoms with Crippen molar-refractivity contribution in [3.63, 3.8) is 0 Å². The lowest BCUT2D eigenvalue weighted by molar-refractivity contribution is -0.109. The second-order valence-corrected chi connectivity index (χ2v) is 3.08. The van der Waals surface area contributed by atoms with E-state index >= 15 is 0 Å². The Bertz CT molecular complexity index is 335. The average Bonchev–Trinajstić information content (AvgIpc) is 2.64. The highest BCUT2D eigenvalue weighted by atomic mass is 16.1. The number of hydrogen-bond acceptors (Lipinski definition) is 3. The van der Waals surface area contributed by atoms with Crippen LogP contribution in [0.2, 0.25) is 0 Å². The maximum absolute atomic E-state index is 11.4. The molecule has 6 heteroatoms. The number of hydrogen-bond donors (Lipinski definition) is 2. The average molecular weight is 210 g/mol. The van der Waals surface area contributed by atoms with E-state index in [1.807, 2.05) is 0 Å². The van der Waals surface area contributed by atoms with Crippen LogP contribution in [0, 0.1) is 0 Å². The van der Waals surface area contributed by atoms with Gasteiger partial charge in [-0.05, 0) is 6.42 Å². The lowest BCUT2D eigenvalue weighted by Gasteiger charge is -2.02. The summed E-state index contributed by atoms with van der Waals surface area (Å²) in [4.78, 5) is 21.4. The normalized spacial score (nSPS) is 9.67. The summed E-state index contributed by atoms with van der Waals surface area (Å²) in [6, 6.07) is 0. The van der Waals surface area contributed by atoms with Gasteiger partial charge in [0.1, 0.15) is 0 Å². The molecule has 1 heterocycles. The van der Waals surface area contributed by atoms with Crippen molar-refractivity contribution >= 4 is 12.3 Å². The molecule has 1 aromatic heterocycles. The Morgan fingerprint density at radius 1 is 1.60 bits per heavy atom. The van der Waals surface area contributed by atoms with E-state index in [4.69, 9.17) is 0 Å². The number of amides is 2. The molecule has 0 aliphatic rings. The molecule has 1 rings (SSSR count). The molecule has 2 amide bonds. The molecule has 0 bridgehead atoms. The van der Waals surface area contributed by atoms with Crippen molar-refractivity contribution < 1.29 is 9.59 Å². The van der Waals surface area contributed by atoms with E-state index in [1.54, 1.807) is 17.9 Å². The molecule has 0 saturated heterocycles. The van der Waals surface area contributed by atoms with E-state index in [9.17, 15) is 9.59 Å². The molecule has 0 aliphatic carbocycles. The highest BCUT2D eigenvalue weighted by molar-refractivity contribution is 5.93. The molecular weight excluding hydrogens is 196 g/mol.